The normalized spacial score (nSPS) is 28.0. The summed E-state index contributed by atoms with van der Waals surface area (Å²) in [6, 6.07) is 1.13. The molecular weight excluding hydrogens is 264 g/mol. The Morgan fingerprint density at radius 3 is 2.76 bits per heavy atom. The minimum absolute atomic E-state index is 0.0717. The minimum Gasteiger partial charge on any atom is -0.394 e. The summed E-state index contributed by atoms with van der Waals surface area (Å²) in [5, 5.41) is 13.6. The maximum Gasteiger partial charge on any atom is 0.0613 e. The summed E-state index contributed by atoms with van der Waals surface area (Å²) in [7, 11) is 1.77. The Hall–Kier alpha value is -0.160. The third-order valence-corrected chi connectivity index (χ3v) is 5.05. The van der Waals surface area contributed by atoms with Gasteiger partial charge in [0.05, 0.1) is 13.2 Å². The van der Waals surface area contributed by atoms with E-state index in [4.69, 9.17) is 4.74 Å². The van der Waals surface area contributed by atoms with Gasteiger partial charge in [-0.15, -0.1) is 0 Å². The highest BCUT2D eigenvalue weighted by Crippen LogP contribution is 2.32. The van der Waals surface area contributed by atoms with Crippen LogP contribution in [-0.2, 0) is 4.74 Å². The topological polar surface area (TPSA) is 44.7 Å². The van der Waals surface area contributed by atoms with Crippen LogP contribution in [0.3, 0.4) is 0 Å². The molecule has 0 bridgehead atoms. The van der Waals surface area contributed by atoms with Crippen molar-refractivity contribution >= 4 is 0 Å². The summed E-state index contributed by atoms with van der Waals surface area (Å²) < 4.78 is 5.29. The lowest BCUT2D eigenvalue weighted by Crippen LogP contribution is -2.57. The van der Waals surface area contributed by atoms with E-state index in [2.05, 4.69) is 31.0 Å². The van der Waals surface area contributed by atoms with Gasteiger partial charge in [0.15, 0.2) is 0 Å². The highest BCUT2D eigenvalue weighted by Gasteiger charge is 2.38. The van der Waals surface area contributed by atoms with Crippen molar-refractivity contribution in [2.75, 3.05) is 33.4 Å². The monoisotopic (exact) mass is 300 g/mol. The van der Waals surface area contributed by atoms with Crippen LogP contribution in [-0.4, -0.2) is 61.0 Å². The summed E-state index contributed by atoms with van der Waals surface area (Å²) in [5.74, 6) is 0. The summed E-state index contributed by atoms with van der Waals surface area (Å²) in [5.41, 5.74) is -0.0717. The number of aliphatic hydroxyl groups excluding tert-OH is 1. The molecule has 1 rings (SSSR count). The smallest absolute Gasteiger partial charge is 0.0613 e. The Morgan fingerprint density at radius 1 is 1.43 bits per heavy atom. The molecule has 0 aromatic heterocycles. The summed E-state index contributed by atoms with van der Waals surface area (Å²) in [4.78, 5) is 2.60. The van der Waals surface area contributed by atoms with Gasteiger partial charge in [-0.3, -0.25) is 4.90 Å². The number of hydrogen-bond acceptors (Lipinski definition) is 4. The van der Waals surface area contributed by atoms with Gasteiger partial charge in [0.2, 0.25) is 0 Å². The Labute approximate surface area is 131 Å². The van der Waals surface area contributed by atoms with Crippen molar-refractivity contribution in [3.05, 3.63) is 0 Å². The molecular formula is C17H36N2O2. The second-order valence-electron chi connectivity index (χ2n) is 6.60. The maximum absolute atomic E-state index is 9.93. The largest absolute Gasteiger partial charge is 0.394 e. The van der Waals surface area contributed by atoms with E-state index in [1.54, 1.807) is 7.11 Å². The quantitative estimate of drug-likeness (QED) is 0.650. The summed E-state index contributed by atoms with van der Waals surface area (Å²) >= 11 is 0. The van der Waals surface area contributed by atoms with Crippen LogP contribution in [0.1, 0.15) is 59.3 Å². The second kappa shape index (κ2) is 9.78. The van der Waals surface area contributed by atoms with Crippen LogP contribution in [0.5, 0.6) is 0 Å². The second-order valence-corrected chi connectivity index (χ2v) is 6.60. The van der Waals surface area contributed by atoms with Gasteiger partial charge < -0.3 is 15.2 Å². The fraction of sp³-hybridized carbons (Fsp3) is 1.00. The van der Waals surface area contributed by atoms with E-state index in [-0.39, 0.29) is 12.1 Å². The van der Waals surface area contributed by atoms with Gasteiger partial charge in [-0.2, -0.15) is 0 Å². The number of aliphatic hydroxyl groups is 1. The highest BCUT2D eigenvalue weighted by atomic mass is 16.5. The molecule has 0 saturated heterocycles. The number of ether oxygens (including phenoxy) is 1. The lowest BCUT2D eigenvalue weighted by Gasteiger charge is -2.46. The van der Waals surface area contributed by atoms with Gasteiger partial charge in [0.25, 0.3) is 0 Å². The van der Waals surface area contributed by atoms with Crippen molar-refractivity contribution in [2.24, 2.45) is 0 Å². The SMILES string of the molecule is CCCNC1(CO)CCCC(N(CCOC)C(C)CC)C1. The number of nitrogens with zero attached hydrogens (tertiary/aromatic N) is 1. The Kier molecular flexibility index (Phi) is 8.79. The zero-order chi connectivity index (χ0) is 15.7. The Morgan fingerprint density at radius 2 is 2.19 bits per heavy atom. The van der Waals surface area contributed by atoms with Crippen molar-refractivity contribution in [3.63, 3.8) is 0 Å². The molecule has 1 aliphatic rings. The van der Waals surface area contributed by atoms with Crippen LogP contribution in [0, 0.1) is 0 Å². The third-order valence-electron chi connectivity index (χ3n) is 5.05. The number of hydrogen-bond donors (Lipinski definition) is 2. The number of methoxy groups -OCH3 is 1. The van der Waals surface area contributed by atoms with Crippen molar-refractivity contribution in [1.82, 2.24) is 10.2 Å². The minimum atomic E-state index is -0.0717. The molecule has 0 radical (unpaired) electrons. The first-order valence-electron chi connectivity index (χ1n) is 8.73. The average Bonchev–Trinajstić information content (AvgIpc) is 2.53. The van der Waals surface area contributed by atoms with E-state index < -0.39 is 0 Å². The average molecular weight is 300 g/mol. The van der Waals surface area contributed by atoms with Crippen LogP contribution in [0.2, 0.25) is 0 Å². The van der Waals surface area contributed by atoms with Crippen LogP contribution in [0.4, 0.5) is 0 Å². The van der Waals surface area contributed by atoms with Gasteiger partial charge in [-0.1, -0.05) is 13.8 Å². The molecule has 4 nitrogen and oxygen atoms in total. The van der Waals surface area contributed by atoms with Crippen LogP contribution in [0.15, 0.2) is 0 Å². The van der Waals surface area contributed by atoms with Crippen molar-refractivity contribution in [2.45, 2.75) is 76.9 Å². The standard InChI is InChI=1S/C17H36N2O2/c1-5-10-18-17(14-20)9-7-8-16(13-17)19(11-12-21-4)15(3)6-2/h15-16,18,20H,5-14H2,1-4H3. The molecule has 3 unspecified atom stereocenters. The predicted molar refractivity (Wildman–Crippen MR) is 88.7 cm³/mol. The molecule has 0 aliphatic heterocycles. The molecule has 3 atom stereocenters. The highest BCUT2D eigenvalue weighted by molar-refractivity contribution is 4.97. The summed E-state index contributed by atoms with van der Waals surface area (Å²) in [6.07, 6.45) is 6.86. The lowest BCUT2D eigenvalue weighted by atomic mass is 9.78. The van der Waals surface area contributed by atoms with Gasteiger partial charge in [-0.05, 0) is 52.0 Å². The van der Waals surface area contributed by atoms with E-state index in [0.717, 1.165) is 45.4 Å². The molecule has 0 amide bonds. The molecule has 1 aliphatic carbocycles. The Bertz CT molecular complexity index is 276. The van der Waals surface area contributed by atoms with Crippen molar-refractivity contribution < 1.29 is 9.84 Å². The van der Waals surface area contributed by atoms with Gasteiger partial charge in [-0.25, -0.2) is 0 Å². The molecule has 0 heterocycles. The first-order chi connectivity index (χ1) is 10.1. The zero-order valence-corrected chi connectivity index (χ0v) is 14.5. The molecule has 1 fully saturated rings. The van der Waals surface area contributed by atoms with E-state index in [1.165, 1.54) is 12.8 Å². The molecule has 126 valence electrons. The molecule has 21 heavy (non-hydrogen) atoms. The van der Waals surface area contributed by atoms with Crippen molar-refractivity contribution in [1.29, 1.82) is 0 Å². The van der Waals surface area contributed by atoms with Crippen LogP contribution in [0.25, 0.3) is 0 Å². The number of rotatable bonds is 10. The van der Waals surface area contributed by atoms with Gasteiger partial charge >= 0.3 is 0 Å². The first kappa shape index (κ1) is 18.9. The Balaban J connectivity index is 2.73. The lowest BCUT2D eigenvalue weighted by molar-refractivity contribution is 0.0267. The first-order valence-corrected chi connectivity index (χ1v) is 8.73. The van der Waals surface area contributed by atoms with Crippen LogP contribution < -0.4 is 5.32 Å². The van der Waals surface area contributed by atoms with E-state index in [1.807, 2.05) is 0 Å². The van der Waals surface area contributed by atoms with Crippen LogP contribution >= 0.6 is 0 Å². The fourth-order valence-corrected chi connectivity index (χ4v) is 3.56. The molecule has 2 N–H and O–H groups in total. The van der Waals surface area contributed by atoms with Crippen molar-refractivity contribution in [3.8, 4) is 0 Å². The molecule has 4 heteroatoms. The maximum atomic E-state index is 9.93. The van der Waals surface area contributed by atoms with Gasteiger partial charge in [0.1, 0.15) is 0 Å². The van der Waals surface area contributed by atoms with E-state index in [9.17, 15) is 5.11 Å². The van der Waals surface area contributed by atoms with Gasteiger partial charge in [0, 0.05) is 31.3 Å². The molecule has 0 spiro atoms. The fourth-order valence-electron chi connectivity index (χ4n) is 3.56. The van der Waals surface area contributed by atoms with E-state index in [0.29, 0.717) is 12.1 Å². The van der Waals surface area contributed by atoms with E-state index >= 15 is 0 Å². The number of nitrogens with one attached hydrogen (secondary N) is 1. The molecule has 0 aromatic carbocycles. The molecule has 1 saturated carbocycles. The predicted octanol–water partition coefficient (Wildman–Crippen LogP) is 2.41. The zero-order valence-electron chi connectivity index (χ0n) is 14.5. The molecule has 0 aromatic rings. The third kappa shape index (κ3) is 5.51. The summed E-state index contributed by atoms with van der Waals surface area (Å²) in [6.45, 7) is 9.77.